The molecule has 0 saturated heterocycles. The largest absolute Gasteiger partial charge is 0.360 e. The van der Waals surface area contributed by atoms with Crippen LogP contribution < -0.4 is 0 Å². The van der Waals surface area contributed by atoms with Gasteiger partial charge in [-0.2, -0.15) is 0 Å². The predicted molar refractivity (Wildman–Crippen MR) is 93.4 cm³/mol. The van der Waals surface area contributed by atoms with Crippen LogP contribution in [0.3, 0.4) is 0 Å². The lowest BCUT2D eigenvalue weighted by Crippen LogP contribution is -2.35. The summed E-state index contributed by atoms with van der Waals surface area (Å²) in [6, 6.07) is 20.9. The van der Waals surface area contributed by atoms with Crippen molar-refractivity contribution in [1.82, 2.24) is 4.90 Å². The van der Waals surface area contributed by atoms with Crippen molar-refractivity contribution < 1.29 is 4.74 Å². The minimum atomic E-state index is -0.00425. The average Bonchev–Trinajstić information content (AvgIpc) is 2.58. The van der Waals surface area contributed by atoms with Crippen LogP contribution in [0, 0.1) is 0 Å². The van der Waals surface area contributed by atoms with Crippen molar-refractivity contribution in [3.63, 3.8) is 0 Å². The molecule has 0 N–H and O–H groups in total. The number of hydrogen-bond acceptors (Lipinski definition) is 2. The minimum absolute atomic E-state index is 0.00425. The van der Waals surface area contributed by atoms with Crippen molar-refractivity contribution >= 4 is 6.08 Å². The van der Waals surface area contributed by atoms with Crippen LogP contribution in [0.2, 0.25) is 0 Å². The van der Waals surface area contributed by atoms with Gasteiger partial charge in [-0.3, -0.25) is 4.90 Å². The smallest absolute Gasteiger partial charge is 0.130 e. The lowest BCUT2D eigenvalue weighted by Gasteiger charge is -2.28. The molecule has 0 amide bonds. The molecule has 0 bridgehead atoms. The molecule has 1 unspecified atom stereocenters. The molecule has 0 aliphatic heterocycles. The number of rotatable bonds is 8. The van der Waals surface area contributed by atoms with Gasteiger partial charge in [-0.25, -0.2) is 0 Å². The summed E-state index contributed by atoms with van der Waals surface area (Å²) in [5.41, 5.74) is 2.50. The summed E-state index contributed by atoms with van der Waals surface area (Å²) in [4.78, 5) is 2.33. The number of benzene rings is 2. The maximum absolute atomic E-state index is 5.93. The van der Waals surface area contributed by atoms with Gasteiger partial charge in [-0.05, 0) is 30.7 Å². The third-order valence-corrected chi connectivity index (χ3v) is 3.58. The molecule has 0 saturated carbocycles. The zero-order chi connectivity index (χ0) is 15.6. The van der Waals surface area contributed by atoms with E-state index in [-0.39, 0.29) is 6.23 Å². The van der Waals surface area contributed by atoms with Gasteiger partial charge in [0, 0.05) is 13.2 Å². The van der Waals surface area contributed by atoms with E-state index in [1.165, 1.54) is 11.1 Å². The molecule has 1 atom stereocenters. The van der Waals surface area contributed by atoms with Gasteiger partial charge in [0.2, 0.25) is 0 Å². The third kappa shape index (κ3) is 5.14. The zero-order valence-electron chi connectivity index (χ0n) is 13.5. The normalized spacial score (nSPS) is 12.9. The molecular weight excluding hydrogens is 270 g/mol. The Morgan fingerprint density at radius 2 is 1.59 bits per heavy atom. The fourth-order valence-corrected chi connectivity index (χ4v) is 2.41. The first-order chi connectivity index (χ1) is 10.8. The van der Waals surface area contributed by atoms with Crippen molar-refractivity contribution in [3.8, 4) is 0 Å². The lowest BCUT2D eigenvalue weighted by atomic mass is 10.2. The van der Waals surface area contributed by atoms with E-state index in [0.29, 0.717) is 6.61 Å². The standard InChI is InChI=1S/C20H25NO/c1-3-21(17-19-13-9-6-10-14-19)20(22-4-2)16-15-18-11-7-5-8-12-18/h5-16,20H,3-4,17H2,1-2H3. The monoisotopic (exact) mass is 295 g/mol. The van der Waals surface area contributed by atoms with Gasteiger partial charge >= 0.3 is 0 Å². The van der Waals surface area contributed by atoms with E-state index in [1.807, 2.05) is 13.0 Å². The van der Waals surface area contributed by atoms with Crippen LogP contribution in [-0.2, 0) is 11.3 Å². The van der Waals surface area contributed by atoms with Crippen LogP contribution in [-0.4, -0.2) is 24.3 Å². The third-order valence-electron chi connectivity index (χ3n) is 3.58. The van der Waals surface area contributed by atoms with Crippen LogP contribution >= 0.6 is 0 Å². The van der Waals surface area contributed by atoms with E-state index in [1.54, 1.807) is 0 Å². The zero-order valence-corrected chi connectivity index (χ0v) is 13.5. The Morgan fingerprint density at radius 1 is 0.955 bits per heavy atom. The van der Waals surface area contributed by atoms with Gasteiger partial charge in [0.1, 0.15) is 6.23 Å². The van der Waals surface area contributed by atoms with E-state index in [0.717, 1.165) is 13.1 Å². The van der Waals surface area contributed by atoms with Crippen LogP contribution in [0.15, 0.2) is 66.7 Å². The van der Waals surface area contributed by atoms with E-state index < -0.39 is 0 Å². The highest BCUT2D eigenvalue weighted by Crippen LogP contribution is 2.12. The maximum atomic E-state index is 5.93. The Morgan fingerprint density at radius 3 is 2.18 bits per heavy atom. The molecule has 116 valence electrons. The Labute approximate surface area is 134 Å². The molecule has 2 aromatic rings. The molecule has 0 aromatic heterocycles. The molecule has 0 aliphatic rings. The predicted octanol–water partition coefficient (Wildman–Crippen LogP) is 4.58. The molecule has 2 rings (SSSR count). The highest BCUT2D eigenvalue weighted by Gasteiger charge is 2.14. The molecule has 2 aromatic carbocycles. The van der Waals surface area contributed by atoms with Gasteiger partial charge in [0.25, 0.3) is 0 Å². The topological polar surface area (TPSA) is 12.5 Å². The first kappa shape index (κ1) is 16.5. The summed E-state index contributed by atoms with van der Waals surface area (Å²) < 4.78 is 5.93. The fraction of sp³-hybridized carbons (Fsp3) is 0.300. The lowest BCUT2D eigenvalue weighted by molar-refractivity contribution is -0.0236. The number of nitrogens with zero attached hydrogens (tertiary/aromatic N) is 1. The van der Waals surface area contributed by atoms with Crippen LogP contribution in [0.5, 0.6) is 0 Å². The summed E-state index contributed by atoms with van der Waals surface area (Å²) in [5, 5.41) is 0. The van der Waals surface area contributed by atoms with Gasteiger partial charge in [-0.15, -0.1) is 0 Å². The van der Waals surface area contributed by atoms with Crippen LogP contribution in [0.25, 0.3) is 6.08 Å². The summed E-state index contributed by atoms with van der Waals surface area (Å²) in [7, 11) is 0. The first-order valence-corrected chi connectivity index (χ1v) is 7.96. The van der Waals surface area contributed by atoms with Crippen molar-refractivity contribution in [2.24, 2.45) is 0 Å². The van der Waals surface area contributed by atoms with Gasteiger partial charge in [0.15, 0.2) is 0 Å². The molecule has 0 spiro atoms. The van der Waals surface area contributed by atoms with Crippen molar-refractivity contribution in [3.05, 3.63) is 77.9 Å². The summed E-state index contributed by atoms with van der Waals surface area (Å²) in [6.07, 6.45) is 4.27. The number of hydrogen-bond donors (Lipinski definition) is 0. The van der Waals surface area contributed by atoms with Gasteiger partial charge in [0.05, 0.1) is 0 Å². The van der Waals surface area contributed by atoms with Crippen LogP contribution in [0.1, 0.15) is 25.0 Å². The van der Waals surface area contributed by atoms with E-state index >= 15 is 0 Å². The Hall–Kier alpha value is -1.90. The van der Waals surface area contributed by atoms with Crippen molar-refractivity contribution in [2.45, 2.75) is 26.6 Å². The Kier molecular flexibility index (Phi) is 6.88. The van der Waals surface area contributed by atoms with Gasteiger partial charge < -0.3 is 4.74 Å². The van der Waals surface area contributed by atoms with Crippen molar-refractivity contribution in [2.75, 3.05) is 13.2 Å². The van der Waals surface area contributed by atoms with E-state index in [2.05, 4.69) is 78.6 Å². The van der Waals surface area contributed by atoms with Crippen LogP contribution in [0.4, 0.5) is 0 Å². The van der Waals surface area contributed by atoms with E-state index in [4.69, 9.17) is 4.74 Å². The Balaban J connectivity index is 2.08. The number of ether oxygens (including phenoxy) is 1. The highest BCUT2D eigenvalue weighted by molar-refractivity contribution is 5.49. The second-order valence-electron chi connectivity index (χ2n) is 5.16. The second-order valence-corrected chi connectivity index (χ2v) is 5.16. The summed E-state index contributed by atoms with van der Waals surface area (Å²) in [5.74, 6) is 0. The second kappa shape index (κ2) is 9.19. The summed E-state index contributed by atoms with van der Waals surface area (Å²) in [6.45, 7) is 6.75. The highest BCUT2D eigenvalue weighted by atomic mass is 16.5. The SMILES string of the molecule is CCOC(C=Cc1ccccc1)N(CC)Cc1ccccc1. The molecule has 0 radical (unpaired) electrons. The Bertz CT molecular complexity index is 550. The molecule has 0 aliphatic carbocycles. The molecule has 22 heavy (non-hydrogen) atoms. The quantitative estimate of drug-likeness (QED) is 0.661. The maximum Gasteiger partial charge on any atom is 0.130 e. The van der Waals surface area contributed by atoms with E-state index in [9.17, 15) is 0 Å². The average molecular weight is 295 g/mol. The fourth-order valence-electron chi connectivity index (χ4n) is 2.41. The van der Waals surface area contributed by atoms with Gasteiger partial charge in [-0.1, -0.05) is 73.7 Å². The first-order valence-electron chi connectivity index (χ1n) is 7.96. The molecule has 0 heterocycles. The molecular formula is C20H25NO. The minimum Gasteiger partial charge on any atom is -0.360 e. The molecule has 2 heteroatoms. The summed E-state index contributed by atoms with van der Waals surface area (Å²) >= 11 is 0. The molecule has 2 nitrogen and oxygen atoms in total. The number of likely N-dealkylation sites (N-methyl/N-ethyl adjacent to an activating group) is 1. The van der Waals surface area contributed by atoms with Crippen molar-refractivity contribution in [1.29, 1.82) is 0 Å². The molecule has 0 fully saturated rings.